The highest BCUT2D eigenvalue weighted by atomic mass is 127. The first-order valence-electron chi connectivity index (χ1n) is 8.06. The van der Waals surface area contributed by atoms with Crippen LogP contribution in [0.25, 0.3) is 0 Å². The molecule has 2 rings (SSSR count). The minimum absolute atomic E-state index is 0. The van der Waals surface area contributed by atoms with Gasteiger partial charge in [-0.2, -0.15) is 5.10 Å². The lowest BCUT2D eigenvalue weighted by Crippen LogP contribution is -2.56. The van der Waals surface area contributed by atoms with Crippen LogP contribution in [0.5, 0.6) is 0 Å². The molecule has 140 valence electrons. The maximum absolute atomic E-state index is 12.4. The molecule has 0 spiro atoms. The third-order valence-electron chi connectivity index (χ3n) is 3.71. The molecule has 1 aliphatic heterocycles. The molecule has 0 saturated carbocycles. The lowest BCUT2D eigenvalue weighted by atomic mass is 10.3. The molecule has 1 saturated heterocycles. The molecule has 2 N–H and O–H groups in total. The van der Waals surface area contributed by atoms with Crippen LogP contribution >= 0.6 is 24.0 Å². The fraction of sp³-hybridized carbons (Fsp3) is 0.600. The number of nitrogens with zero attached hydrogens (tertiary/aromatic N) is 5. The summed E-state index contributed by atoms with van der Waals surface area (Å²) in [6.45, 7) is 4.19. The molecule has 0 atom stereocenters. The van der Waals surface area contributed by atoms with Gasteiger partial charge in [-0.05, 0) is 6.42 Å². The normalized spacial score (nSPS) is 15.0. The number of aromatic nitrogens is 2. The number of aliphatic imine (C=N–C) groups is 1. The van der Waals surface area contributed by atoms with E-state index in [1.807, 2.05) is 25.1 Å². The second kappa shape index (κ2) is 10.2. The molecule has 0 aliphatic carbocycles. The fourth-order valence-corrected chi connectivity index (χ4v) is 2.49. The van der Waals surface area contributed by atoms with Crippen molar-refractivity contribution < 1.29 is 9.59 Å². The van der Waals surface area contributed by atoms with Gasteiger partial charge in [-0.25, -0.2) is 0 Å². The van der Waals surface area contributed by atoms with Crippen molar-refractivity contribution in [2.45, 2.75) is 13.3 Å². The quantitative estimate of drug-likeness (QED) is 0.358. The summed E-state index contributed by atoms with van der Waals surface area (Å²) in [6.07, 6.45) is 4.39. The van der Waals surface area contributed by atoms with E-state index in [-0.39, 0.29) is 48.9 Å². The Morgan fingerprint density at radius 2 is 2.12 bits per heavy atom. The van der Waals surface area contributed by atoms with Gasteiger partial charge in [0.2, 0.25) is 11.8 Å². The van der Waals surface area contributed by atoms with Crippen LogP contribution in [0.15, 0.2) is 17.4 Å². The van der Waals surface area contributed by atoms with Gasteiger partial charge in [0.15, 0.2) is 5.96 Å². The molecular formula is C15H26IN7O2. The number of anilines is 1. The van der Waals surface area contributed by atoms with E-state index in [9.17, 15) is 9.59 Å². The van der Waals surface area contributed by atoms with Crippen LogP contribution in [-0.4, -0.2) is 72.2 Å². The van der Waals surface area contributed by atoms with Gasteiger partial charge in [0.1, 0.15) is 6.54 Å². The van der Waals surface area contributed by atoms with Crippen LogP contribution in [0, 0.1) is 0 Å². The standard InChI is InChI=1S/C15H25N7O2.HI/c1-4-5-17-13(23)9-18-15(16-2)21-6-7-22(14(24)11-21)12-8-19-20(3)10-12;/h8,10H,4-7,9,11H2,1-3H3,(H,16,18)(H,17,23);1H. The molecule has 10 heteroatoms. The van der Waals surface area contributed by atoms with Gasteiger partial charge in [0.05, 0.1) is 18.4 Å². The van der Waals surface area contributed by atoms with Crippen molar-refractivity contribution in [1.82, 2.24) is 25.3 Å². The topological polar surface area (TPSA) is 94.9 Å². The lowest BCUT2D eigenvalue weighted by Gasteiger charge is -2.35. The molecule has 0 unspecified atom stereocenters. The van der Waals surface area contributed by atoms with Crippen molar-refractivity contribution in [3.05, 3.63) is 12.4 Å². The first kappa shape index (κ1) is 21.2. The summed E-state index contributed by atoms with van der Waals surface area (Å²) in [6, 6.07) is 0. The minimum Gasteiger partial charge on any atom is -0.355 e. The highest BCUT2D eigenvalue weighted by Crippen LogP contribution is 2.15. The van der Waals surface area contributed by atoms with E-state index in [0.717, 1.165) is 12.1 Å². The second-order valence-corrected chi connectivity index (χ2v) is 5.59. The number of piperazine rings is 1. The van der Waals surface area contributed by atoms with E-state index in [2.05, 4.69) is 20.7 Å². The third-order valence-corrected chi connectivity index (χ3v) is 3.71. The van der Waals surface area contributed by atoms with Crippen LogP contribution in [0.1, 0.15) is 13.3 Å². The van der Waals surface area contributed by atoms with Gasteiger partial charge in [-0.15, -0.1) is 24.0 Å². The van der Waals surface area contributed by atoms with Crippen molar-refractivity contribution in [3.8, 4) is 0 Å². The van der Waals surface area contributed by atoms with E-state index in [4.69, 9.17) is 0 Å². The molecule has 0 aromatic carbocycles. The zero-order valence-corrected chi connectivity index (χ0v) is 17.2. The van der Waals surface area contributed by atoms with Gasteiger partial charge in [-0.1, -0.05) is 6.92 Å². The predicted octanol–water partition coefficient (Wildman–Crippen LogP) is -0.212. The highest BCUT2D eigenvalue weighted by Gasteiger charge is 2.27. The number of carbonyl (C=O) groups excluding carboxylic acids is 2. The first-order chi connectivity index (χ1) is 11.5. The van der Waals surface area contributed by atoms with Crippen LogP contribution < -0.4 is 15.5 Å². The van der Waals surface area contributed by atoms with E-state index in [1.54, 1.807) is 22.8 Å². The third kappa shape index (κ3) is 5.87. The van der Waals surface area contributed by atoms with Gasteiger partial charge in [-0.3, -0.25) is 19.3 Å². The number of hydrogen-bond acceptors (Lipinski definition) is 4. The van der Waals surface area contributed by atoms with Crippen LogP contribution in [0.3, 0.4) is 0 Å². The van der Waals surface area contributed by atoms with Crippen molar-refractivity contribution in [2.24, 2.45) is 12.0 Å². The summed E-state index contributed by atoms with van der Waals surface area (Å²) in [7, 11) is 3.46. The maximum Gasteiger partial charge on any atom is 0.246 e. The number of nitrogens with one attached hydrogen (secondary N) is 2. The van der Waals surface area contributed by atoms with E-state index >= 15 is 0 Å². The van der Waals surface area contributed by atoms with Crippen LogP contribution in [-0.2, 0) is 16.6 Å². The number of aryl methyl sites for hydroxylation is 1. The van der Waals surface area contributed by atoms with E-state index < -0.39 is 0 Å². The number of carbonyl (C=O) groups is 2. The number of halogens is 1. The Labute approximate surface area is 164 Å². The van der Waals surface area contributed by atoms with Crippen molar-refractivity contribution in [1.29, 1.82) is 0 Å². The zero-order valence-electron chi connectivity index (χ0n) is 14.9. The Bertz CT molecular complexity index is 617. The second-order valence-electron chi connectivity index (χ2n) is 5.59. The molecule has 2 amide bonds. The van der Waals surface area contributed by atoms with Crippen LogP contribution in [0.2, 0.25) is 0 Å². The molecule has 0 bridgehead atoms. The smallest absolute Gasteiger partial charge is 0.246 e. The summed E-state index contributed by atoms with van der Waals surface area (Å²) in [5, 5.41) is 9.90. The average molecular weight is 463 g/mol. The Kier molecular flexibility index (Phi) is 8.66. The Morgan fingerprint density at radius 3 is 2.68 bits per heavy atom. The summed E-state index contributed by atoms with van der Waals surface area (Å²) >= 11 is 0. The summed E-state index contributed by atoms with van der Waals surface area (Å²) in [5.41, 5.74) is 0.795. The van der Waals surface area contributed by atoms with Gasteiger partial charge in [0.25, 0.3) is 0 Å². The van der Waals surface area contributed by atoms with Crippen LogP contribution in [0.4, 0.5) is 5.69 Å². The average Bonchev–Trinajstić information content (AvgIpc) is 2.99. The SMILES string of the molecule is CCCNC(=O)CNC(=NC)N1CCN(c2cnn(C)c2)C(=O)C1.I. The van der Waals surface area contributed by atoms with Crippen molar-refractivity contribution >= 4 is 47.4 Å². The predicted molar refractivity (Wildman–Crippen MR) is 107 cm³/mol. The van der Waals surface area contributed by atoms with E-state index in [0.29, 0.717) is 25.6 Å². The Hall–Kier alpha value is -1.85. The van der Waals surface area contributed by atoms with E-state index in [1.165, 1.54) is 0 Å². The summed E-state index contributed by atoms with van der Waals surface area (Å²) < 4.78 is 1.67. The molecule has 9 nitrogen and oxygen atoms in total. The molecule has 0 radical (unpaired) electrons. The number of rotatable bonds is 5. The number of amides is 2. The van der Waals surface area contributed by atoms with Gasteiger partial charge >= 0.3 is 0 Å². The fourth-order valence-electron chi connectivity index (χ4n) is 2.49. The van der Waals surface area contributed by atoms with Crippen molar-refractivity contribution in [2.75, 3.05) is 44.7 Å². The molecule has 2 heterocycles. The summed E-state index contributed by atoms with van der Waals surface area (Å²) in [4.78, 5) is 31.8. The lowest BCUT2D eigenvalue weighted by molar-refractivity contribution is -0.120. The molecule has 25 heavy (non-hydrogen) atoms. The minimum atomic E-state index is -0.0849. The molecule has 1 aromatic rings. The Balaban J connectivity index is 0.00000312. The van der Waals surface area contributed by atoms with Crippen molar-refractivity contribution in [3.63, 3.8) is 0 Å². The number of hydrogen-bond donors (Lipinski definition) is 2. The first-order valence-corrected chi connectivity index (χ1v) is 8.06. The molecule has 1 aromatic heterocycles. The van der Waals surface area contributed by atoms with Gasteiger partial charge < -0.3 is 20.4 Å². The number of guanidine groups is 1. The zero-order chi connectivity index (χ0) is 17.5. The summed E-state index contributed by atoms with van der Waals surface area (Å²) in [5.74, 6) is 0.451. The molecular weight excluding hydrogens is 437 g/mol. The highest BCUT2D eigenvalue weighted by molar-refractivity contribution is 14.0. The maximum atomic E-state index is 12.4. The monoisotopic (exact) mass is 463 g/mol. The molecule has 1 aliphatic rings. The van der Waals surface area contributed by atoms with Gasteiger partial charge in [0, 0.05) is 39.9 Å². The molecule has 1 fully saturated rings. The Morgan fingerprint density at radius 1 is 1.36 bits per heavy atom. The largest absolute Gasteiger partial charge is 0.355 e.